The first-order valence-electron chi connectivity index (χ1n) is 13.3. The average molecular weight is 642 g/mol. The molecule has 0 heterocycles. The van der Waals surface area contributed by atoms with E-state index in [-0.39, 0.29) is 23.9 Å². The standard InChI is InChI=1S/C30H32ClF4N3O4S/c1-5-27(29(40)36-19(2)3)37(17-21-8-10-22(32)11-9-21)28(39)18-38(43(41,42)24-13-6-20(4)7-14-24)23-12-15-26(31)25(16-23)30(33,34)35/h6-16,19,27H,5,17-18H2,1-4H3,(H,36,40)/t27-/m0/s1. The van der Waals surface area contributed by atoms with E-state index in [1.54, 1.807) is 27.7 Å². The highest BCUT2D eigenvalue weighted by Gasteiger charge is 2.37. The van der Waals surface area contributed by atoms with Gasteiger partial charge in [0, 0.05) is 12.6 Å². The number of aryl methyl sites for hydroxylation is 1. The monoisotopic (exact) mass is 641 g/mol. The summed E-state index contributed by atoms with van der Waals surface area (Å²) in [5.74, 6) is -1.90. The summed E-state index contributed by atoms with van der Waals surface area (Å²) >= 11 is 5.79. The minimum atomic E-state index is -4.91. The molecule has 0 unspecified atom stereocenters. The van der Waals surface area contributed by atoms with Crippen molar-refractivity contribution < 1.29 is 35.6 Å². The molecule has 3 rings (SSSR count). The van der Waals surface area contributed by atoms with Crippen LogP contribution in [0.5, 0.6) is 0 Å². The molecule has 3 aromatic carbocycles. The summed E-state index contributed by atoms with van der Waals surface area (Å²) in [5, 5.41) is 2.09. The zero-order valence-electron chi connectivity index (χ0n) is 24.0. The molecule has 3 aromatic rings. The molecule has 43 heavy (non-hydrogen) atoms. The van der Waals surface area contributed by atoms with E-state index >= 15 is 0 Å². The number of anilines is 1. The van der Waals surface area contributed by atoms with Crippen LogP contribution in [0.3, 0.4) is 0 Å². The lowest BCUT2D eigenvalue weighted by molar-refractivity contribution is -0.140. The molecule has 232 valence electrons. The smallest absolute Gasteiger partial charge is 0.352 e. The van der Waals surface area contributed by atoms with Crippen molar-refractivity contribution in [3.05, 3.63) is 94.3 Å². The number of carbonyl (C=O) groups excluding carboxylic acids is 2. The van der Waals surface area contributed by atoms with Crippen molar-refractivity contribution >= 4 is 39.1 Å². The molecule has 0 aliphatic carbocycles. The van der Waals surface area contributed by atoms with E-state index in [4.69, 9.17) is 11.6 Å². The highest BCUT2D eigenvalue weighted by atomic mass is 35.5. The van der Waals surface area contributed by atoms with Gasteiger partial charge in [0.1, 0.15) is 18.4 Å². The molecular formula is C30H32ClF4N3O4S. The fourth-order valence-corrected chi connectivity index (χ4v) is 5.97. The molecule has 0 aliphatic heterocycles. The van der Waals surface area contributed by atoms with E-state index in [1.807, 2.05) is 0 Å². The summed E-state index contributed by atoms with van der Waals surface area (Å²) in [7, 11) is -4.60. The lowest BCUT2D eigenvalue weighted by atomic mass is 10.1. The van der Waals surface area contributed by atoms with Crippen LogP contribution in [0.2, 0.25) is 5.02 Å². The lowest BCUT2D eigenvalue weighted by Gasteiger charge is -2.33. The van der Waals surface area contributed by atoms with Crippen LogP contribution in [0.1, 0.15) is 43.9 Å². The maximum absolute atomic E-state index is 14.0. The van der Waals surface area contributed by atoms with Crippen LogP contribution < -0.4 is 9.62 Å². The third-order valence-electron chi connectivity index (χ3n) is 6.51. The van der Waals surface area contributed by atoms with Crippen LogP contribution in [0, 0.1) is 12.7 Å². The molecule has 0 fully saturated rings. The zero-order valence-corrected chi connectivity index (χ0v) is 25.5. The van der Waals surface area contributed by atoms with Crippen LogP contribution >= 0.6 is 11.6 Å². The average Bonchev–Trinajstić information content (AvgIpc) is 2.92. The van der Waals surface area contributed by atoms with Gasteiger partial charge in [0.05, 0.1) is 21.2 Å². The van der Waals surface area contributed by atoms with Gasteiger partial charge in [-0.3, -0.25) is 13.9 Å². The summed E-state index contributed by atoms with van der Waals surface area (Å²) in [4.78, 5) is 28.0. The van der Waals surface area contributed by atoms with E-state index in [2.05, 4.69) is 5.32 Å². The normalized spacial score (nSPS) is 12.6. The highest BCUT2D eigenvalue weighted by molar-refractivity contribution is 7.92. The molecule has 0 radical (unpaired) electrons. The van der Waals surface area contributed by atoms with Crippen LogP contribution in [0.25, 0.3) is 0 Å². The Bertz CT molecular complexity index is 1550. The minimum Gasteiger partial charge on any atom is -0.352 e. The van der Waals surface area contributed by atoms with Gasteiger partial charge in [-0.25, -0.2) is 12.8 Å². The van der Waals surface area contributed by atoms with Gasteiger partial charge in [0.15, 0.2) is 0 Å². The van der Waals surface area contributed by atoms with E-state index in [0.29, 0.717) is 15.9 Å². The van der Waals surface area contributed by atoms with Gasteiger partial charge in [0.2, 0.25) is 11.8 Å². The molecule has 13 heteroatoms. The van der Waals surface area contributed by atoms with Crippen LogP contribution in [-0.4, -0.2) is 43.8 Å². The number of hydrogen-bond acceptors (Lipinski definition) is 4. The third-order valence-corrected chi connectivity index (χ3v) is 8.63. The van der Waals surface area contributed by atoms with Gasteiger partial charge in [0.25, 0.3) is 10.0 Å². The number of amides is 2. The van der Waals surface area contributed by atoms with Crippen molar-refractivity contribution in [2.24, 2.45) is 0 Å². The third kappa shape index (κ3) is 8.47. The van der Waals surface area contributed by atoms with Gasteiger partial charge in [-0.1, -0.05) is 48.4 Å². The SMILES string of the molecule is CC[C@@H](C(=O)NC(C)C)N(Cc1ccc(F)cc1)C(=O)CN(c1ccc(Cl)c(C(F)(F)F)c1)S(=O)(=O)c1ccc(C)cc1. The summed E-state index contributed by atoms with van der Waals surface area (Å²) in [6, 6.07) is 12.0. The molecule has 0 bridgehead atoms. The van der Waals surface area contributed by atoms with Crippen molar-refractivity contribution in [1.29, 1.82) is 0 Å². The van der Waals surface area contributed by atoms with Gasteiger partial charge in [-0.15, -0.1) is 0 Å². The first-order valence-corrected chi connectivity index (χ1v) is 15.2. The molecule has 7 nitrogen and oxygen atoms in total. The van der Waals surface area contributed by atoms with Crippen molar-refractivity contribution in [2.45, 2.75) is 63.8 Å². The second-order valence-corrected chi connectivity index (χ2v) is 12.5. The van der Waals surface area contributed by atoms with Crippen molar-refractivity contribution in [3.8, 4) is 0 Å². The summed E-state index contributed by atoms with van der Waals surface area (Å²) < 4.78 is 83.2. The Labute approximate surface area is 253 Å². The predicted molar refractivity (Wildman–Crippen MR) is 156 cm³/mol. The number of rotatable bonds is 11. The second-order valence-electron chi connectivity index (χ2n) is 10.2. The van der Waals surface area contributed by atoms with Crippen LogP contribution in [-0.2, 0) is 32.3 Å². The maximum atomic E-state index is 14.0. The Morgan fingerprint density at radius 2 is 1.58 bits per heavy atom. The van der Waals surface area contributed by atoms with E-state index in [1.165, 1.54) is 48.5 Å². The van der Waals surface area contributed by atoms with Crippen molar-refractivity contribution in [3.63, 3.8) is 0 Å². The quantitative estimate of drug-likeness (QED) is 0.248. The number of hydrogen-bond donors (Lipinski definition) is 1. The number of alkyl halides is 3. The largest absolute Gasteiger partial charge is 0.417 e. The van der Waals surface area contributed by atoms with E-state index < -0.39 is 62.7 Å². The number of halogens is 5. The Morgan fingerprint density at radius 1 is 0.977 bits per heavy atom. The molecular weight excluding hydrogens is 610 g/mol. The number of carbonyl (C=O) groups is 2. The summed E-state index contributed by atoms with van der Waals surface area (Å²) in [6.45, 7) is 5.70. The Morgan fingerprint density at radius 3 is 2.12 bits per heavy atom. The topological polar surface area (TPSA) is 86.8 Å². The fraction of sp³-hybridized carbons (Fsp3) is 0.333. The van der Waals surface area contributed by atoms with Gasteiger partial charge in [-0.2, -0.15) is 13.2 Å². The molecule has 1 atom stereocenters. The van der Waals surface area contributed by atoms with E-state index in [0.717, 1.165) is 22.6 Å². The summed E-state index contributed by atoms with van der Waals surface area (Å²) in [6.07, 6.45) is -4.78. The van der Waals surface area contributed by atoms with Gasteiger partial charge >= 0.3 is 6.18 Å². The zero-order chi connectivity index (χ0) is 32.1. The fourth-order valence-electron chi connectivity index (χ4n) is 4.34. The number of nitrogens with one attached hydrogen (secondary N) is 1. The van der Waals surface area contributed by atoms with Gasteiger partial charge in [-0.05, 0) is 75.2 Å². The molecule has 0 aliphatic rings. The Kier molecular flexibility index (Phi) is 10.8. The van der Waals surface area contributed by atoms with Crippen LogP contribution in [0.4, 0.5) is 23.2 Å². The molecule has 0 saturated carbocycles. The molecule has 2 amide bonds. The first kappa shape index (κ1) is 33.9. The number of benzene rings is 3. The molecule has 0 spiro atoms. The van der Waals surface area contributed by atoms with E-state index in [9.17, 15) is 35.6 Å². The number of nitrogens with zero attached hydrogens (tertiary/aromatic N) is 2. The number of sulfonamides is 1. The lowest BCUT2D eigenvalue weighted by Crippen LogP contribution is -2.53. The molecule has 1 N–H and O–H groups in total. The first-order chi connectivity index (χ1) is 20.0. The van der Waals surface area contributed by atoms with Gasteiger partial charge < -0.3 is 10.2 Å². The molecule has 0 aromatic heterocycles. The maximum Gasteiger partial charge on any atom is 0.417 e. The Balaban J connectivity index is 2.15. The minimum absolute atomic E-state index is 0.134. The van der Waals surface area contributed by atoms with Crippen LogP contribution in [0.15, 0.2) is 71.6 Å². The highest BCUT2D eigenvalue weighted by Crippen LogP contribution is 2.38. The van der Waals surface area contributed by atoms with Crippen molar-refractivity contribution in [2.75, 3.05) is 10.8 Å². The summed E-state index contributed by atoms with van der Waals surface area (Å²) in [5.41, 5.74) is -0.551. The van der Waals surface area contributed by atoms with Crippen molar-refractivity contribution in [1.82, 2.24) is 10.2 Å². The molecule has 0 saturated heterocycles. The Hall–Kier alpha value is -3.64. The second kappa shape index (κ2) is 13.8. The predicted octanol–water partition coefficient (Wildman–Crippen LogP) is 6.33.